The number of fused-ring (bicyclic) bond motifs is 2. The van der Waals surface area contributed by atoms with Gasteiger partial charge >= 0.3 is 59.1 Å². The Morgan fingerprint density at radius 2 is 1.03 bits per heavy atom. The first-order valence-corrected chi connectivity index (χ1v) is 9.73. The van der Waals surface area contributed by atoms with Gasteiger partial charge in [0.15, 0.2) is 23.0 Å². The van der Waals surface area contributed by atoms with E-state index in [9.17, 15) is 19.8 Å². The summed E-state index contributed by atoms with van der Waals surface area (Å²) >= 11 is 6.36. The summed E-state index contributed by atoms with van der Waals surface area (Å²) < 4.78 is 32.3. The van der Waals surface area contributed by atoms with Crippen LogP contribution in [0.15, 0.2) is 8.95 Å². The normalized spacial score (nSPS) is 12.5. The number of carboxylic acids is 2. The van der Waals surface area contributed by atoms with Gasteiger partial charge in [-0.15, -0.1) is 0 Å². The van der Waals surface area contributed by atoms with Crippen molar-refractivity contribution in [1.29, 1.82) is 0 Å². The zero-order valence-corrected chi connectivity index (χ0v) is 24.4. The molecule has 0 atom stereocenters. The Hall–Kier alpha value is -0.860. The van der Waals surface area contributed by atoms with Crippen LogP contribution in [0.2, 0.25) is 0 Å². The van der Waals surface area contributed by atoms with Gasteiger partial charge in [-0.05, 0) is 31.9 Å². The Bertz CT molecular complexity index is 1030. The molecule has 0 aromatic heterocycles. The number of methoxy groups -OCH3 is 2. The molecule has 0 radical (unpaired) electrons. The van der Waals surface area contributed by atoms with Crippen molar-refractivity contribution in [2.75, 3.05) is 27.8 Å². The van der Waals surface area contributed by atoms with Gasteiger partial charge in [0.05, 0.1) is 35.1 Å². The van der Waals surface area contributed by atoms with E-state index >= 15 is 0 Å². The van der Waals surface area contributed by atoms with E-state index in [1.54, 1.807) is 0 Å². The number of halogens is 2. The minimum Gasteiger partial charge on any atom is -0.545 e. The molecule has 2 aliphatic rings. The van der Waals surface area contributed by atoms with Gasteiger partial charge < -0.3 is 48.2 Å². The molecule has 0 amide bonds. The van der Waals surface area contributed by atoms with Gasteiger partial charge in [-0.25, -0.2) is 0 Å². The maximum atomic E-state index is 12.1. The number of aromatic carboxylic acids is 2. The second kappa shape index (κ2) is 10.6. The Labute approximate surface area is 242 Å². The molecule has 2 aromatic rings. The third-order valence-electron chi connectivity index (χ3n) is 4.50. The monoisotopic (exact) mass is 590 g/mol. The Morgan fingerprint density at radius 3 is 1.31 bits per heavy atom. The van der Waals surface area contributed by atoms with Crippen molar-refractivity contribution in [2.45, 2.75) is 0 Å². The van der Waals surface area contributed by atoms with Crippen molar-refractivity contribution < 1.29 is 107 Å². The second-order valence-corrected chi connectivity index (χ2v) is 7.48. The van der Waals surface area contributed by atoms with Crippen molar-refractivity contribution >= 4 is 43.8 Å². The summed E-state index contributed by atoms with van der Waals surface area (Å²) in [5.74, 6) is -3.14. The van der Waals surface area contributed by atoms with E-state index in [4.69, 9.17) is 28.4 Å². The number of benzene rings is 2. The second-order valence-electron chi connectivity index (χ2n) is 5.90. The molecule has 0 saturated carbocycles. The first-order valence-electron chi connectivity index (χ1n) is 8.14. The number of hydrogen-bond acceptors (Lipinski definition) is 10. The molecule has 0 spiro atoms. The van der Waals surface area contributed by atoms with E-state index in [0.717, 1.165) is 0 Å². The number of ether oxygens (including phenoxy) is 6. The van der Waals surface area contributed by atoms with E-state index < -0.39 is 23.1 Å². The number of carbonyl (C=O) groups excluding carboxylic acids is 2. The fourth-order valence-electron chi connectivity index (χ4n) is 3.36. The van der Waals surface area contributed by atoms with Gasteiger partial charge in [0.2, 0.25) is 25.1 Å². The molecule has 2 aromatic carbocycles. The first-order chi connectivity index (χ1) is 14.3. The van der Waals surface area contributed by atoms with Crippen molar-refractivity contribution in [2.24, 2.45) is 0 Å². The molecule has 0 saturated heterocycles. The van der Waals surface area contributed by atoms with Crippen LogP contribution in [-0.4, -0.2) is 39.7 Å². The Balaban J connectivity index is 0.00000181. The van der Waals surface area contributed by atoms with Crippen LogP contribution >= 0.6 is 31.9 Å². The molecule has 0 N–H and O–H groups in total. The standard InChI is InChI=1S/C18H12Br2O10.2Na/c1-25-13-9(19)7(17(21)22)5(11-15(13)29-3-27-11)6-8(18(23)24)10(20)14(26-2)16-12(6)28-4-30-16;;/h3-4H2,1-2H3,(H,21,22)(H,23,24);;/q;2*+1/p-2. The van der Waals surface area contributed by atoms with Crippen LogP contribution < -0.4 is 97.7 Å². The third kappa shape index (κ3) is 4.09. The molecular formula is C18H10Br2Na2O10. The minimum absolute atomic E-state index is 0. The number of hydrogen-bond donors (Lipinski definition) is 0. The van der Waals surface area contributed by atoms with E-state index in [1.807, 2.05) is 0 Å². The van der Waals surface area contributed by atoms with Crippen molar-refractivity contribution in [3.05, 3.63) is 20.1 Å². The average Bonchev–Trinajstić information content (AvgIpc) is 3.35. The van der Waals surface area contributed by atoms with Crippen molar-refractivity contribution in [3.8, 4) is 45.6 Å². The molecule has 0 aliphatic carbocycles. The topological polar surface area (TPSA) is 136 Å². The zero-order chi connectivity index (χ0) is 21.7. The van der Waals surface area contributed by atoms with Gasteiger partial charge in [-0.2, -0.15) is 0 Å². The number of carbonyl (C=O) groups is 2. The minimum atomic E-state index is -1.63. The van der Waals surface area contributed by atoms with E-state index in [1.165, 1.54) is 14.2 Å². The third-order valence-corrected chi connectivity index (χ3v) is 6.01. The predicted molar refractivity (Wildman–Crippen MR) is 101 cm³/mol. The summed E-state index contributed by atoms with van der Waals surface area (Å²) in [5, 5.41) is 24.2. The molecule has 14 heteroatoms. The van der Waals surface area contributed by atoms with Gasteiger partial charge in [-0.3, -0.25) is 0 Å². The Morgan fingerprint density at radius 1 is 0.719 bits per heavy atom. The molecule has 0 bridgehead atoms. The van der Waals surface area contributed by atoms with Gasteiger partial charge in [0.25, 0.3) is 0 Å². The van der Waals surface area contributed by atoms with Crippen LogP contribution in [-0.2, 0) is 0 Å². The van der Waals surface area contributed by atoms with E-state index in [-0.39, 0.29) is 127 Å². The SMILES string of the molecule is COc1c(Br)c(C(=O)[O-])c(-c2c3c(c(OC)c(Br)c2C(=O)[O-])OCO3)c2c1OCO2.[Na+].[Na+]. The quantitative estimate of drug-likeness (QED) is 0.311. The Kier molecular flexibility index (Phi) is 9.07. The van der Waals surface area contributed by atoms with E-state index in [0.29, 0.717) is 0 Å². The van der Waals surface area contributed by atoms with Crippen molar-refractivity contribution in [3.63, 3.8) is 0 Å². The summed E-state index contributed by atoms with van der Waals surface area (Å²) in [7, 11) is 2.62. The van der Waals surface area contributed by atoms with Crippen LogP contribution in [0.1, 0.15) is 20.7 Å². The van der Waals surface area contributed by atoms with Crippen LogP contribution in [0, 0.1) is 0 Å². The molecule has 0 fully saturated rings. The summed E-state index contributed by atoms with van der Waals surface area (Å²) in [4.78, 5) is 24.2. The molecule has 10 nitrogen and oxygen atoms in total. The van der Waals surface area contributed by atoms with Gasteiger partial charge in [-0.1, -0.05) is 0 Å². The molecule has 32 heavy (non-hydrogen) atoms. The fraction of sp³-hybridized carbons (Fsp3) is 0.222. The average molecular weight is 592 g/mol. The van der Waals surface area contributed by atoms with Gasteiger partial charge in [0.1, 0.15) is 0 Å². The fourth-order valence-corrected chi connectivity index (χ4v) is 4.77. The number of carboxylic acid groups (broad SMARTS) is 2. The molecular weight excluding hydrogens is 582 g/mol. The first kappa shape index (κ1) is 27.4. The molecule has 2 aliphatic heterocycles. The molecule has 4 rings (SSSR count). The summed E-state index contributed by atoms with van der Waals surface area (Å²) in [5.41, 5.74) is -1.21. The molecule has 0 unspecified atom stereocenters. The molecule has 2 heterocycles. The maximum Gasteiger partial charge on any atom is 1.00 e. The smallest absolute Gasteiger partial charge is 0.545 e. The zero-order valence-electron chi connectivity index (χ0n) is 17.3. The van der Waals surface area contributed by atoms with Crippen LogP contribution in [0.5, 0.6) is 34.5 Å². The van der Waals surface area contributed by atoms with Crippen LogP contribution in [0.4, 0.5) is 0 Å². The molecule has 158 valence electrons. The van der Waals surface area contributed by atoms with Crippen molar-refractivity contribution in [1.82, 2.24) is 0 Å². The maximum absolute atomic E-state index is 12.1. The van der Waals surface area contributed by atoms with Crippen LogP contribution in [0.3, 0.4) is 0 Å². The summed E-state index contributed by atoms with van der Waals surface area (Å²) in [6.45, 7) is -0.502. The summed E-state index contributed by atoms with van der Waals surface area (Å²) in [6, 6.07) is 0. The number of rotatable bonds is 5. The van der Waals surface area contributed by atoms with Gasteiger partial charge in [0, 0.05) is 22.3 Å². The largest absolute Gasteiger partial charge is 1.00 e. The van der Waals surface area contributed by atoms with Crippen LogP contribution in [0.25, 0.3) is 11.1 Å². The summed E-state index contributed by atoms with van der Waals surface area (Å²) in [6.07, 6.45) is 0. The van der Waals surface area contributed by atoms with E-state index in [2.05, 4.69) is 31.9 Å². The predicted octanol–water partition coefficient (Wildman–Crippen LogP) is -4.91.